The van der Waals surface area contributed by atoms with Crippen molar-refractivity contribution in [3.8, 4) is 0 Å². The topological polar surface area (TPSA) is 111 Å². The van der Waals surface area contributed by atoms with Gasteiger partial charge in [-0.2, -0.15) is 0 Å². The molecule has 0 saturated carbocycles. The van der Waals surface area contributed by atoms with Gasteiger partial charge in [-0.1, -0.05) is 0 Å². The van der Waals surface area contributed by atoms with Crippen molar-refractivity contribution < 1.29 is 148 Å². The van der Waals surface area contributed by atoms with E-state index in [4.69, 9.17) is 19.2 Å². The summed E-state index contributed by atoms with van der Waals surface area (Å²) in [5.74, 6) is 0. The van der Waals surface area contributed by atoms with Gasteiger partial charge in [-0.3, -0.25) is 4.57 Å². The normalized spacial score (nSPS) is 5.90. The minimum absolute atomic E-state index is 0. The number of phosphoric acid groups is 1. The molecule has 0 aliphatic rings. The largest absolute Gasteiger partial charge is 1.00 e. The second-order valence-electron chi connectivity index (χ2n) is 0.491. The van der Waals surface area contributed by atoms with Crippen molar-refractivity contribution in [3.05, 3.63) is 0 Å². The number of rotatable bonds is 0. The van der Waals surface area contributed by atoms with Gasteiger partial charge < -0.3 is 32.6 Å². The predicted octanol–water partition coefficient (Wildman–Crippen LogP) is -13.7. The van der Waals surface area contributed by atoms with Gasteiger partial charge in [-0.25, -0.2) is 0 Å². The Labute approximate surface area is 152 Å². The first-order valence-electron chi connectivity index (χ1n) is 0.765. The third kappa shape index (κ3) is 90.8. The molecule has 10 heteroatoms. The molecule has 0 aliphatic carbocycles. The van der Waals surface area contributed by atoms with E-state index in [9.17, 15) is 0 Å². The number of hydrogen-bond acceptors (Lipinski definition) is 3. The fourth-order valence-corrected chi connectivity index (χ4v) is 0. The number of halogens is 1. The van der Waals surface area contributed by atoms with E-state index in [0.717, 1.165) is 0 Å². The van der Waals surface area contributed by atoms with Crippen molar-refractivity contribution in [2.45, 2.75) is 0 Å². The Morgan fingerprint density at radius 3 is 1.20 bits per heavy atom. The van der Waals surface area contributed by atoms with Gasteiger partial charge in [0, 0.05) is 0 Å². The fraction of sp³-hybridized carbons (Fsp3) is 0. The van der Waals surface area contributed by atoms with E-state index in [1.165, 1.54) is 0 Å². The average molecular weight is 235 g/mol. The molecule has 0 rings (SSSR count). The predicted molar refractivity (Wildman–Crippen MR) is 14.0 cm³/mol. The third-order valence-corrected chi connectivity index (χ3v) is 0. The summed E-state index contributed by atoms with van der Waals surface area (Å²) in [6.45, 7) is 0. The summed E-state index contributed by atoms with van der Waals surface area (Å²) < 4.78 is 8.77. The maximum Gasteiger partial charge on any atom is 1.00 e. The molecule has 0 bridgehead atoms. The molecule has 0 heterocycles. The molecule has 48 valence electrons. The summed E-state index contributed by atoms with van der Waals surface area (Å²) in [6, 6.07) is 0. The third-order valence-electron chi connectivity index (χ3n) is 0. The SMILES string of the molecule is O=P([O-])(O)O.[Cl-].[K+].[Na+].[Na+].[OH-]. The Morgan fingerprint density at radius 1 is 1.20 bits per heavy atom. The Hall–Kier alpha value is 4.00. The van der Waals surface area contributed by atoms with Crippen LogP contribution < -0.4 is 128 Å². The summed E-state index contributed by atoms with van der Waals surface area (Å²) in [7, 11) is -4.89. The zero-order chi connectivity index (χ0) is 4.50. The van der Waals surface area contributed by atoms with Crippen molar-refractivity contribution in [2.24, 2.45) is 0 Å². The molecule has 0 aromatic heterocycles. The van der Waals surface area contributed by atoms with E-state index in [2.05, 4.69) is 0 Å². The summed E-state index contributed by atoms with van der Waals surface area (Å²) in [6.07, 6.45) is 0. The van der Waals surface area contributed by atoms with E-state index < -0.39 is 7.82 Å². The maximum absolute atomic E-state index is 8.77. The van der Waals surface area contributed by atoms with E-state index >= 15 is 0 Å². The molecular formula is H3ClKNa2O5P. The summed E-state index contributed by atoms with van der Waals surface area (Å²) in [4.78, 5) is 22.9. The van der Waals surface area contributed by atoms with E-state index in [1.54, 1.807) is 0 Å². The Bertz CT molecular complexity index is 65.8. The smallest absolute Gasteiger partial charge is 1.00 e. The van der Waals surface area contributed by atoms with Gasteiger partial charge in [-0.15, -0.1) is 0 Å². The molecular weight excluding hydrogens is 232 g/mol. The van der Waals surface area contributed by atoms with Crippen molar-refractivity contribution in [3.63, 3.8) is 0 Å². The fourth-order valence-electron chi connectivity index (χ4n) is 0. The van der Waals surface area contributed by atoms with Crippen LogP contribution in [0, 0.1) is 0 Å². The van der Waals surface area contributed by atoms with Crippen LogP contribution in [0.25, 0.3) is 0 Å². The summed E-state index contributed by atoms with van der Waals surface area (Å²) in [5.41, 5.74) is 0. The second kappa shape index (κ2) is 18.7. The molecule has 10 heavy (non-hydrogen) atoms. The van der Waals surface area contributed by atoms with Crippen LogP contribution in [0.2, 0.25) is 0 Å². The van der Waals surface area contributed by atoms with Gasteiger partial charge in [0.25, 0.3) is 7.82 Å². The van der Waals surface area contributed by atoms with Crippen LogP contribution in [0.1, 0.15) is 0 Å². The first-order valence-corrected chi connectivity index (χ1v) is 2.30. The molecule has 0 aliphatic heterocycles. The molecule has 0 aromatic rings. The Kier molecular flexibility index (Phi) is 69.2. The first-order chi connectivity index (χ1) is 2.00. The van der Waals surface area contributed by atoms with Crippen LogP contribution in [-0.2, 0) is 4.57 Å². The van der Waals surface area contributed by atoms with Crippen LogP contribution in [0.4, 0.5) is 0 Å². The minimum Gasteiger partial charge on any atom is -1.00 e. The molecule has 0 aromatic carbocycles. The molecule has 0 atom stereocenters. The molecule has 0 amide bonds. The quantitative estimate of drug-likeness (QED) is 0.319. The number of hydrogen-bond donors (Lipinski definition) is 2. The standard InChI is InChI=1S/ClH.K.2Na.H3O4P.H2O/c;;;;1-5(2,3)4;/h1H;;;;(H3,1,2,3,4);1H2/q;3*+1;;/p-3. The molecule has 0 spiro atoms. The average Bonchev–Trinajstić information content (AvgIpc) is 0.722. The Balaban J connectivity index is -0.00000000800. The van der Waals surface area contributed by atoms with Gasteiger partial charge in [0.15, 0.2) is 0 Å². The molecule has 0 radical (unpaired) electrons. The van der Waals surface area contributed by atoms with Crippen molar-refractivity contribution >= 4 is 7.82 Å². The van der Waals surface area contributed by atoms with E-state index in [1.807, 2.05) is 0 Å². The zero-order valence-electron chi connectivity index (χ0n) is 5.98. The monoisotopic (exact) mass is 234 g/mol. The van der Waals surface area contributed by atoms with Crippen LogP contribution >= 0.6 is 7.82 Å². The maximum atomic E-state index is 8.77. The van der Waals surface area contributed by atoms with Crippen molar-refractivity contribution in [2.75, 3.05) is 0 Å². The molecule has 0 fully saturated rings. The van der Waals surface area contributed by atoms with Crippen molar-refractivity contribution in [1.82, 2.24) is 0 Å². The molecule has 5 nitrogen and oxygen atoms in total. The van der Waals surface area contributed by atoms with E-state index in [0.29, 0.717) is 0 Å². The summed E-state index contributed by atoms with van der Waals surface area (Å²) in [5, 5.41) is 0. The first kappa shape index (κ1) is 37.0. The van der Waals surface area contributed by atoms with Gasteiger partial charge in [-0.05, 0) is 0 Å². The summed E-state index contributed by atoms with van der Waals surface area (Å²) >= 11 is 0. The van der Waals surface area contributed by atoms with Gasteiger partial charge >= 0.3 is 110 Å². The molecule has 0 saturated heterocycles. The second-order valence-corrected chi connectivity index (χ2v) is 1.47. The van der Waals surface area contributed by atoms with Crippen molar-refractivity contribution in [1.29, 1.82) is 0 Å². The molecule has 0 unspecified atom stereocenters. The van der Waals surface area contributed by atoms with E-state index in [-0.39, 0.29) is 128 Å². The van der Waals surface area contributed by atoms with Crippen LogP contribution in [0.3, 0.4) is 0 Å². The van der Waals surface area contributed by atoms with Crippen LogP contribution in [0.15, 0.2) is 0 Å². The van der Waals surface area contributed by atoms with Gasteiger partial charge in [0.1, 0.15) is 0 Å². The zero-order valence-corrected chi connectivity index (χ0v) is 14.8. The van der Waals surface area contributed by atoms with Crippen LogP contribution in [0.5, 0.6) is 0 Å². The molecule has 3 N–H and O–H groups in total. The Morgan fingerprint density at radius 2 is 1.20 bits per heavy atom. The van der Waals surface area contributed by atoms with Crippen LogP contribution in [-0.4, -0.2) is 15.3 Å². The van der Waals surface area contributed by atoms with Gasteiger partial charge in [0.05, 0.1) is 0 Å². The minimum atomic E-state index is -4.89. The van der Waals surface area contributed by atoms with Gasteiger partial charge in [0.2, 0.25) is 0 Å².